The van der Waals surface area contributed by atoms with Gasteiger partial charge in [-0.2, -0.15) is 0 Å². The summed E-state index contributed by atoms with van der Waals surface area (Å²) in [5, 5.41) is 3.11. The predicted molar refractivity (Wildman–Crippen MR) is 120 cm³/mol. The second-order valence-corrected chi connectivity index (χ2v) is 8.09. The Balaban J connectivity index is 1.73. The monoisotopic (exact) mass is 424 g/mol. The fourth-order valence-electron chi connectivity index (χ4n) is 3.88. The summed E-state index contributed by atoms with van der Waals surface area (Å²) in [5.41, 5.74) is 1.85. The van der Waals surface area contributed by atoms with Crippen molar-refractivity contribution in [2.45, 2.75) is 58.2 Å². The Labute approximate surface area is 184 Å². The van der Waals surface area contributed by atoms with Gasteiger partial charge in [0.1, 0.15) is 17.5 Å². The number of benzene rings is 2. The van der Waals surface area contributed by atoms with Gasteiger partial charge in [-0.25, -0.2) is 0 Å². The predicted octanol–water partition coefficient (Wildman–Crippen LogP) is 3.86. The fourth-order valence-corrected chi connectivity index (χ4v) is 3.88. The molecule has 3 rings (SSSR count). The minimum Gasteiger partial charge on any atom is -0.497 e. The highest BCUT2D eigenvalue weighted by Crippen LogP contribution is 2.20. The van der Waals surface area contributed by atoms with Crippen LogP contribution in [-0.4, -0.2) is 42.5 Å². The standard InChI is InChI=1S/C25H32N2O4/c1-18-9-4-7-14-23(18)31-17-24(28)27(16-20-10-8-13-22(15-20)30-3)19(2)25(29)26-21-11-5-6-12-21/h4,7-10,13-15,19,21H,5-6,11-12,16-17H2,1-3H3,(H,26,29)/t19-/m1/s1. The van der Waals surface area contributed by atoms with Crippen molar-refractivity contribution in [3.8, 4) is 11.5 Å². The number of carbonyl (C=O) groups is 2. The molecule has 2 aromatic rings. The van der Waals surface area contributed by atoms with Crippen molar-refractivity contribution in [3.05, 3.63) is 59.7 Å². The maximum Gasteiger partial charge on any atom is 0.261 e. The molecule has 1 atom stereocenters. The highest BCUT2D eigenvalue weighted by Gasteiger charge is 2.28. The summed E-state index contributed by atoms with van der Waals surface area (Å²) in [6.07, 6.45) is 4.27. The summed E-state index contributed by atoms with van der Waals surface area (Å²) in [4.78, 5) is 27.7. The SMILES string of the molecule is COc1cccc(CN(C(=O)COc2ccccc2C)[C@H](C)C(=O)NC2CCCC2)c1. The molecule has 1 N–H and O–H groups in total. The van der Waals surface area contributed by atoms with Crippen molar-refractivity contribution in [1.82, 2.24) is 10.2 Å². The summed E-state index contributed by atoms with van der Waals surface area (Å²) in [6, 6.07) is 14.7. The smallest absolute Gasteiger partial charge is 0.261 e. The molecule has 0 aromatic heterocycles. The molecule has 0 radical (unpaired) electrons. The van der Waals surface area contributed by atoms with E-state index in [0.29, 0.717) is 18.0 Å². The molecule has 31 heavy (non-hydrogen) atoms. The fraction of sp³-hybridized carbons (Fsp3) is 0.440. The van der Waals surface area contributed by atoms with Crippen molar-refractivity contribution in [3.63, 3.8) is 0 Å². The lowest BCUT2D eigenvalue weighted by Crippen LogP contribution is -2.50. The number of rotatable bonds is 9. The number of hydrogen-bond donors (Lipinski definition) is 1. The lowest BCUT2D eigenvalue weighted by molar-refractivity contribution is -0.142. The van der Waals surface area contributed by atoms with Gasteiger partial charge in [0.25, 0.3) is 5.91 Å². The highest BCUT2D eigenvalue weighted by molar-refractivity contribution is 5.88. The number of para-hydroxylation sites is 1. The van der Waals surface area contributed by atoms with Crippen LogP contribution in [0.15, 0.2) is 48.5 Å². The van der Waals surface area contributed by atoms with Gasteiger partial charge in [-0.05, 0) is 56.0 Å². The van der Waals surface area contributed by atoms with E-state index in [4.69, 9.17) is 9.47 Å². The molecule has 166 valence electrons. The summed E-state index contributed by atoms with van der Waals surface area (Å²) < 4.78 is 11.1. The van der Waals surface area contributed by atoms with Crippen LogP contribution < -0.4 is 14.8 Å². The van der Waals surface area contributed by atoms with Gasteiger partial charge in [0.2, 0.25) is 5.91 Å². The number of aryl methyl sites for hydroxylation is 1. The summed E-state index contributed by atoms with van der Waals surface area (Å²) >= 11 is 0. The maximum absolute atomic E-state index is 13.2. The molecule has 0 saturated heterocycles. The van der Waals surface area contributed by atoms with Gasteiger partial charge >= 0.3 is 0 Å². The molecule has 1 aliphatic rings. The zero-order valence-corrected chi connectivity index (χ0v) is 18.6. The van der Waals surface area contributed by atoms with E-state index >= 15 is 0 Å². The van der Waals surface area contributed by atoms with Crippen LogP contribution in [0.4, 0.5) is 0 Å². The minimum atomic E-state index is -0.611. The van der Waals surface area contributed by atoms with Crippen LogP contribution in [0.5, 0.6) is 11.5 Å². The molecular weight excluding hydrogens is 392 g/mol. The number of ether oxygens (including phenoxy) is 2. The molecule has 6 nitrogen and oxygen atoms in total. The molecule has 1 saturated carbocycles. The van der Waals surface area contributed by atoms with E-state index in [0.717, 1.165) is 36.8 Å². The van der Waals surface area contributed by atoms with E-state index < -0.39 is 6.04 Å². The second-order valence-electron chi connectivity index (χ2n) is 8.09. The first-order valence-corrected chi connectivity index (χ1v) is 10.9. The first-order valence-electron chi connectivity index (χ1n) is 10.9. The number of nitrogens with zero attached hydrogens (tertiary/aromatic N) is 1. The van der Waals surface area contributed by atoms with E-state index in [-0.39, 0.29) is 24.5 Å². The van der Waals surface area contributed by atoms with Gasteiger partial charge in [-0.3, -0.25) is 9.59 Å². The Kier molecular flexibility index (Phi) is 7.93. The third kappa shape index (κ3) is 6.23. The van der Waals surface area contributed by atoms with E-state index in [1.54, 1.807) is 18.9 Å². The second kappa shape index (κ2) is 10.8. The molecular formula is C25H32N2O4. The van der Waals surface area contributed by atoms with Gasteiger partial charge in [-0.1, -0.05) is 43.2 Å². The number of nitrogens with one attached hydrogen (secondary N) is 1. The van der Waals surface area contributed by atoms with Gasteiger partial charge in [0.05, 0.1) is 7.11 Å². The normalized spacial score (nSPS) is 14.7. The number of hydrogen-bond acceptors (Lipinski definition) is 4. The quantitative estimate of drug-likeness (QED) is 0.664. The van der Waals surface area contributed by atoms with Crippen molar-refractivity contribution >= 4 is 11.8 Å². The molecule has 0 spiro atoms. The Bertz CT molecular complexity index is 893. The Morgan fingerprint density at radius 2 is 1.87 bits per heavy atom. The molecule has 0 aliphatic heterocycles. The summed E-state index contributed by atoms with van der Waals surface area (Å²) in [6.45, 7) is 3.88. The van der Waals surface area contributed by atoms with E-state index in [1.165, 1.54) is 0 Å². The van der Waals surface area contributed by atoms with Crippen LogP contribution in [0.1, 0.15) is 43.7 Å². The summed E-state index contributed by atoms with van der Waals surface area (Å²) in [7, 11) is 1.61. The van der Waals surface area contributed by atoms with E-state index in [1.807, 2.05) is 55.5 Å². The first kappa shape index (κ1) is 22.7. The third-order valence-electron chi connectivity index (χ3n) is 5.80. The minimum absolute atomic E-state index is 0.126. The van der Waals surface area contributed by atoms with Crippen LogP contribution >= 0.6 is 0 Å². The maximum atomic E-state index is 13.2. The Morgan fingerprint density at radius 1 is 1.13 bits per heavy atom. The largest absolute Gasteiger partial charge is 0.497 e. The van der Waals surface area contributed by atoms with Crippen LogP contribution in [-0.2, 0) is 16.1 Å². The van der Waals surface area contributed by atoms with Crippen LogP contribution in [0.25, 0.3) is 0 Å². The van der Waals surface area contributed by atoms with Crippen molar-refractivity contribution < 1.29 is 19.1 Å². The third-order valence-corrected chi connectivity index (χ3v) is 5.80. The molecule has 0 bridgehead atoms. The zero-order valence-electron chi connectivity index (χ0n) is 18.6. The van der Waals surface area contributed by atoms with Crippen LogP contribution in [0, 0.1) is 6.92 Å². The van der Waals surface area contributed by atoms with Crippen molar-refractivity contribution in [2.24, 2.45) is 0 Å². The van der Waals surface area contributed by atoms with Crippen LogP contribution in [0.2, 0.25) is 0 Å². The van der Waals surface area contributed by atoms with Gasteiger partial charge < -0.3 is 19.7 Å². The van der Waals surface area contributed by atoms with Crippen LogP contribution in [0.3, 0.4) is 0 Å². The lowest BCUT2D eigenvalue weighted by atomic mass is 10.1. The molecule has 1 aliphatic carbocycles. The average molecular weight is 425 g/mol. The molecule has 1 fully saturated rings. The molecule has 0 unspecified atom stereocenters. The van der Waals surface area contributed by atoms with E-state index in [9.17, 15) is 9.59 Å². The molecule has 2 aromatic carbocycles. The topological polar surface area (TPSA) is 67.9 Å². The zero-order chi connectivity index (χ0) is 22.2. The van der Waals surface area contributed by atoms with Crippen molar-refractivity contribution in [2.75, 3.05) is 13.7 Å². The Morgan fingerprint density at radius 3 is 2.58 bits per heavy atom. The van der Waals surface area contributed by atoms with Gasteiger partial charge in [-0.15, -0.1) is 0 Å². The molecule has 6 heteroatoms. The molecule has 0 heterocycles. The Hall–Kier alpha value is -3.02. The number of amides is 2. The first-order chi connectivity index (χ1) is 15.0. The number of methoxy groups -OCH3 is 1. The average Bonchev–Trinajstić information content (AvgIpc) is 3.29. The lowest BCUT2D eigenvalue weighted by Gasteiger charge is -2.30. The van der Waals surface area contributed by atoms with Gasteiger partial charge in [0, 0.05) is 12.6 Å². The molecule has 2 amide bonds. The van der Waals surface area contributed by atoms with E-state index in [2.05, 4.69) is 5.32 Å². The highest BCUT2D eigenvalue weighted by atomic mass is 16.5. The number of carbonyl (C=O) groups excluding carboxylic acids is 2. The van der Waals surface area contributed by atoms with Gasteiger partial charge in [0.15, 0.2) is 6.61 Å². The van der Waals surface area contributed by atoms with Crippen molar-refractivity contribution in [1.29, 1.82) is 0 Å². The summed E-state index contributed by atoms with van der Waals surface area (Å²) in [5.74, 6) is 1.02.